The second kappa shape index (κ2) is 6.22. The van der Waals surface area contributed by atoms with Crippen LogP contribution in [0, 0.1) is 0 Å². The SMILES string of the molecule is C=Cc1ccc(OCC(OC)OC)cc1. The topological polar surface area (TPSA) is 27.7 Å². The van der Waals surface area contributed by atoms with Crippen molar-refractivity contribution in [2.75, 3.05) is 20.8 Å². The number of hydrogen-bond acceptors (Lipinski definition) is 3. The van der Waals surface area contributed by atoms with E-state index in [4.69, 9.17) is 14.2 Å². The molecule has 0 N–H and O–H groups in total. The summed E-state index contributed by atoms with van der Waals surface area (Å²) >= 11 is 0. The average Bonchev–Trinajstić information content (AvgIpc) is 2.31. The molecule has 1 rings (SSSR count). The highest BCUT2D eigenvalue weighted by atomic mass is 16.7. The molecule has 0 aliphatic rings. The van der Waals surface area contributed by atoms with E-state index in [1.54, 1.807) is 20.3 Å². The zero-order valence-electron chi connectivity index (χ0n) is 9.10. The smallest absolute Gasteiger partial charge is 0.191 e. The fourth-order valence-corrected chi connectivity index (χ4v) is 1.10. The normalized spacial score (nSPS) is 10.3. The first kappa shape index (κ1) is 11.8. The molecule has 82 valence electrons. The molecular weight excluding hydrogens is 192 g/mol. The first-order valence-corrected chi connectivity index (χ1v) is 4.71. The van der Waals surface area contributed by atoms with Crippen molar-refractivity contribution < 1.29 is 14.2 Å². The first-order chi connectivity index (χ1) is 7.30. The van der Waals surface area contributed by atoms with Gasteiger partial charge in [-0.25, -0.2) is 0 Å². The van der Waals surface area contributed by atoms with E-state index in [1.807, 2.05) is 24.3 Å². The maximum absolute atomic E-state index is 5.47. The van der Waals surface area contributed by atoms with Crippen LogP contribution < -0.4 is 4.74 Å². The van der Waals surface area contributed by atoms with Crippen molar-refractivity contribution in [1.82, 2.24) is 0 Å². The standard InChI is InChI=1S/C12H16O3/c1-4-10-5-7-11(8-6-10)15-9-12(13-2)14-3/h4-8,12H,1,9H2,2-3H3. The molecule has 0 unspecified atom stereocenters. The quantitative estimate of drug-likeness (QED) is 0.671. The van der Waals surface area contributed by atoms with Gasteiger partial charge in [0.1, 0.15) is 12.4 Å². The van der Waals surface area contributed by atoms with Crippen LogP contribution in [-0.4, -0.2) is 27.1 Å². The summed E-state index contributed by atoms with van der Waals surface area (Å²) in [6.07, 6.45) is 1.46. The predicted octanol–water partition coefficient (Wildman–Crippen LogP) is 2.33. The van der Waals surface area contributed by atoms with Crippen molar-refractivity contribution in [1.29, 1.82) is 0 Å². The lowest BCUT2D eigenvalue weighted by atomic mass is 10.2. The summed E-state index contributed by atoms with van der Waals surface area (Å²) in [5.74, 6) is 0.791. The molecule has 0 fully saturated rings. The maximum Gasteiger partial charge on any atom is 0.191 e. The van der Waals surface area contributed by atoms with E-state index >= 15 is 0 Å². The molecule has 0 atom stereocenters. The number of hydrogen-bond donors (Lipinski definition) is 0. The van der Waals surface area contributed by atoms with Gasteiger partial charge in [0.05, 0.1) is 0 Å². The highest BCUT2D eigenvalue weighted by molar-refractivity contribution is 5.48. The van der Waals surface area contributed by atoms with E-state index in [-0.39, 0.29) is 6.29 Å². The molecule has 0 amide bonds. The summed E-state index contributed by atoms with van der Waals surface area (Å²) in [6.45, 7) is 4.06. The van der Waals surface area contributed by atoms with Gasteiger partial charge >= 0.3 is 0 Å². The lowest BCUT2D eigenvalue weighted by Gasteiger charge is -2.14. The summed E-state index contributed by atoms with van der Waals surface area (Å²) in [5.41, 5.74) is 1.07. The van der Waals surface area contributed by atoms with Crippen LogP contribution in [0.5, 0.6) is 5.75 Å². The van der Waals surface area contributed by atoms with Gasteiger partial charge in [-0.3, -0.25) is 0 Å². The molecular formula is C12H16O3. The van der Waals surface area contributed by atoms with E-state index in [9.17, 15) is 0 Å². The first-order valence-electron chi connectivity index (χ1n) is 4.71. The largest absolute Gasteiger partial charge is 0.488 e. The molecule has 0 bridgehead atoms. The van der Waals surface area contributed by atoms with Crippen LogP contribution in [0.15, 0.2) is 30.8 Å². The molecule has 1 aromatic carbocycles. The molecule has 0 aromatic heterocycles. The summed E-state index contributed by atoms with van der Waals surface area (Å²) in [6, 6.07) is 7.66. The molecule has 1 aromatic rings. The van der Waals surface area contributed by atoms with Gasteiger partial charge in [0, 0.05) is 14.2 Å². The van der Waals surface area contributed by atoms with E-state index in [2.05, 4.69) is 6.58 Å². The van der Waals surface area contributed by atoms with Crippen molar-refractivity contribution in [3.8, 4) is 5.75 Å². The van der Waals surface area contributed by atoms with Gasteiger partial charge in [-0.2, -0.15) is 0 Å². The molecule has 3 heteroatoms. The Morgan fingerprint density at radius 3 is 2.27 bits per heavy atom. The number of rotatable bonds is 6. The monoisotopic (exact) mass is 208 g/mol. The Morgan fingerprint density at radius 1 is 1.20 bits per heavy atom. The Labute approximate surface area is 90.3 Å². The fraction of sp³-hybridized carbons (Fsp3) is 0.333. The minimum Gasteiger partial charge on any atom is -0.488 e. The molecule has 3 nitrogen and oxygen atoms in total. The maximum atomic E-state index is 5.47. The predicted molar refractivity (Wildman–Crippen MR) is 59.8 cm³/mol. The van der Waals surface area contributed by atoms with Crippen LogP contribution in [0.4, 0.5) is 0 Å². The second-order valence-electron chi connectivity index (χ2n) is 2.99. The average molecular weight is 208 g/mol. The molecule has 0 spiro atoms. The lowest BCUT2D eigenvalue weighted by Crippen LogP contribution is -2.21. The highest BCUT2D eigenvalue weighted by Gasteiger charge is 2.05. The third kappa shape index (κ3) is 3.73. The number of ether oxygens (including phenoxy) is 3. The molecule has 0 heterocycles. The van der Waals surface area contributed by atoms with E-state index in [0.717, 1.165) is 11.3 Å². The van der Waals surface area contributed by atoms with Gasteiger partial charge in [-0.1, -0.05) is 24.8 Å². The molecule has 0 saturated heterocycles. The van der Waals surface area contributed by atoms with Gasteiger partial charge in [-0.05, 0) is 17.7 Å². The third-order valence-corrected chi connectivity index (χ3v) is 2.03. The van der Waals surface area contributed by atoms with Gasteiger partial charge in [0.15, 0.2) is 6.29 Å². The Bertz CT molecular complexity index is 288. The van der Waals surface area contributed by atoms with Gasteiger partial charge in [0.25, 0.3) is 0 Å². The summed E-state index contributed by atoms with van der Waals surface area (Å²) in [4.78, 5) is 0. The molecule has 0 saturated carbocycles. The Morgan fingerprint density at radius 2 is 1.80 bits per heavy atom. The number of methoxy groups -OCH3 is 2. The third-order valence-electron chi connectivity index (χ3n) is 2.03. The van der Waals surface area contributed by atoms with Gasteiger partial charge in [0.2, 0.25) is 0 Å². The summed E-state index contributed by atoms with van der Waals surface area (Å²) in [7, 11) is 3.16. The summed E-state index contributed by atoms with van der Waals surface area (Å²) in [5, 5.41) is 0. The highest BCUT2D eigenvalue weighted by Crippen LogP contribution is 2.13. The van der Waals surface area contributed by atoms with Gasteiger partial charge < -0.3 is 14.2 Å². The van der Waals surface area contributed by atoms with E-state index in [1.165, 1.54) is 0 Å². The van der Waals surface area contributed by atoms with Crippen LogP contribution in [0.25, 0.3) is 6.08 Å². The van der Waals surface area contributed by atoms with Gasteiger partial charge in [-0.15, -0.1) is 0 Å². The zero-order chi connectivity index (χ0) is 11.1. The van der Waals surface area contributed by atoms with Crippen molar-refractivity contribution >= 4 is 6.08 Å². The molecule has 0 aliphatic heterocycles. The van der Waals surface area contributed by atoms with Crippen molar-refractivity contribution in [3.63, 3.8) is 0 Å². The Kier molecular flexibility index (Phi) is 4.87. The van der Waals surface area contributed by atoms with Crippen molar-refractivity contribution in [3.05, 3.63) is 36.4 Å². The van der Waals surface area contributed by atoms with E-state index in [0.29, 0.717) is 6.61 Å². The van der Waals surface area contributed by atoms with Crippen molar-refractivity contribution in [2.45, 2.75) is 6.29 Å². The van der Waals surface area contributed by atoms with Crippen LogP contribution in [0.2, 0.25) is 0 Å². The van der Waals surface area contributed by atoms with Crippen LogP contribution in [-0.2, 0) is 9.47 Å². The molecule has 15 heavy (non-hydrogen) atoms. The minimum absolute atomic E-state index is 0.330. The van der Waals surface area contributed by atoms with Crippen molar-refractivity contribution in [2.24, 2.45) is 0 Å². The van der Waals surface area contributed by atoms with Crippen LogP contribution in [0.1, 0.15) is 5.56 Å². The molecule has 0 aliphatic carbocycles. The minimum atomic E-state index is -0.330. The zero-order valence-corrected chi connectivity index (χ0v) is 9.10. The Balaban J connectivity index is 2.46. The number of benzene rings is 1. The van der Waals surface area contributed by atoms with E-state index < -0.39 is 0 Å². The summed E-state index contributed by atoms with van der Waals surface area (Å²) < 4.78 is 15.5. The second-order valence-corrected chi connectivity index (χ2v) is 2.99. The fourth-order valence-electron chi connectivity index (χ4n) is 1.10. The van der Waals surface area contributed by atoms with Crippen LogP contribution >= 0.6 is 0 Å². The lowest BCUT2D eigenvalue weighted by molar-refractivity contribution is -0.121. The van der Waals surface area contributed by atoms with Crippen LogP contribution in [0.3, 0.4) is 0 Å². The molecule has 0 radical (unpaired) electrons. The Hall–Kier alpha value is -1.32.